The normalized spacial score (nSPS) is 17.5. The molecule has 0 aliphatic heterocycles. The third-order valence-electron chi connectivity index (χ3n) is 3.28. The van der Waals surface area contributed by atoms with Crippen LogP contribution in [0.1, 0.15) is 30.4 Å². The summed E-state index contributed by atoms with van der Waals surface area (Å²) in [5, 5.41) is 7.98. The number of fused-ring (bicyclic) bond motifs is 1. The molecule has 19 heavy (non-hydrogen) atoms. The molecule has 0 aromatic heterocycles. The van der Waals surface area contributed by atoms with Gasteiger partial charge in [0, 0.05) is 12.0 Å². The first-order chi connectivity index (χ1) is 9.22. The molecule has 0 heterocycles. The Hall–Kier alpha value is -1.71. The fourth-order valence-electron chi connectivity index (χ4n) is 2.46. The van der Waals surface area contributed by atoms with Crippen LogP contribution in [0.4, 0.5) is 0 Å². The maximum Gasteiger partial charge on any atom is 0.188 e. The average Bonchev–Trinajstić information content (AvgIpc) is 2.45. The van der Waals surface area contributed by atoms with Gasteiger partial charge in [-0.05, 0) is 31.4 Å². The molecule has 0 amide bonds. The maximum absolute atomic E-state index is 7.98. The van der Waals surface area contributed by atoms with Gasteiger partial charge in [-0.3, -0.25) is 5.41 Å². The average molecular weight is 261 g/mol. The van der Waals surface area contributed by atoms with Crippen LogP contribution in [0.25, 0.3) is 0 Å². The topological polar surface area (TPSA) is 51.5 Å². The SMILES string of the molecule is CCOC(=N)C1[C]CCc2c1ccc(OC)c2OC. The Morgan fingerprint density at radius 3 is 2.79 bits per heavy atom. The van der Waals surface area contributed by atoms with Gasteiger partial charge in [-0.2, -0.15) is 0 Å². The lowest BCUT2D eigenvalue weighted by atomic mass is 9.82. The van der Waals surface area contributed by atoms with Crippen molar-refractivity contribution in [2.45, 2.75) is 25.7 Å². The van der Waals surface area contributed by atoms with Gasteiger partial charge in [0.25, 0.3) is 0 Å². The molecule has 0 fully saturated rings. The van der Waals surface area contributed by atoms with E-state index in [-0.39, 0.29) is 11.8 Å². The minimum Gasteiger partial charge on any atom is -0.493 e. The van der Waals surface area contributed by atoms with E-state index in [2.05, 4.69) is 6.42 Å². The number of hydrogen-bond donors (Lipinski definition) is 1. The molecule has 2 rings (SSSR count). The molecular formula is C15H19NO3. The molecule has 0 saturated carbocycles. The molecule has 1 aromatic carbocycles. The predicted molar refractivity (Wildman–Crippen MR) is 73.2 cm³/mol. The summed E-state index contributed by atoms with van der Waals surface area (Å²) in [7, 11) is 3.27. The summed E-state index contributed by atoms with van der Waals surface area (Å²) in [4.78, 5) is 0. The summed E-state index contributed by atoms with van der Waals surface area (Å²) >= 11 is 0. The summed E-state index contributed by atoms with van der Waals surface area (Å²) in [5.74, 6) is 1.53. The molecule has 4 nitrogen and oxygen atoms in total. The van der Waals surface area contributed by atoms with Crippen LogP contribution in [-0.2, 0) is 11.2 Å². The quantitative estimate of drug-likeness (QED) is 0.669. The van der Waals surface area contributed by atoms with E-state index in [1.54, 1.807) is 14.2 Å². The van der Waals surface area contributed by atoms with Gasteiger partial charge in [0.1, 0.15) is 0 Å². The fraction of sp³-hybridized carbons (Fsp3) is 0.467. The third-order valence-corrected chi connectivity index (χ3v) is 3.28. The zero-order chi connectivity index (χ0) is 13.8. The Morgan fingerprint density at radius 2 is 2.16 bits per heavy atom. The van der Waals surface area contributed by atoms with Gasteiger partial charge < -0.3 is 14.2 Å². The van der Waals surface area contributed by atoms with Crippen molar-refractivity contribution in [1.82, 2.24) is 0 Å². The van der Waals surface area contributed by atoms with Crippen molar-refractivity contribution in [3.8, 4) is 11.5 Å². The van der Waals surface area contributed by atoms with Crippen LogP contribution >= 0.6 is 0 Å². The first kappa shape index (κ1) is 13.7. The predicted octanol–water partition coefficient (Wildman–Crippen LogP) is 2.83. The second-order valence-electron chi connectivity index (χ2n) is 4.30. The monoisotopic (exact) mass is 261 g/mol. The van der Waals surface area contributed by atoms with E-state index in [0.29, 0.717) is 6.61 Å². The van der Waals surface area contributed by atoms with E-state index in [4.69, 9.17) is 19.6 Å². The van der Waals surface area contributed by atoms with Crippen LogP contribution in [0.2, 0.25) is 0 Å². The molecule has 4 heteroatoms. The number of methoxy groups -OCH3 is 2. The molecule has 1 aliphatic carbocycles. The van der Waals surface area contributed by atoms with Crippen molar-refractivity contribution >= 4 is 5.90 Å². The standard InChI is InChI=1S/C15H19NO3/c1-4-19-15(16)12-7-5-6-11-10(12)8-9-13(17-2)14(11)18-3/h8-9,12,16H,4-6H2,1-3H3. The summed E-state index contributed by atoms with van der Waals surface area (Å²) in [6.45, 7) is 2.38. The smallest absolute Gasteiger partial charge is 0.188 e. The second kappa shape index (κ2) is 5.95. The molecule has 0 bridgehead atoms. The van der Waals surface area contributed by atoms with Crippen molar-refractivity contribution < 1.29 is 14.2 Å². The second-order valence-corrected chi connectivity index (χ2v) is 4.30. The number of ether oxygens (including phenoxy) is 3. The minimum atomic E-state index is -0.205. The molecule has 1 N–H and O–H groups in total. The Bertz CT molecular complexity index is 471. The highest BCUT2D eigenvalue weighted by Gasteiger charge is 2.29. The van der Waals surface area contributed by atoms with E-state index in [0.717, 1.165) is 35.5 Å². The largest absolute Gasteiger partial charge is 0.493 e. The summed E-state index contributed by atoms with van der Waals surface area (Å²) in [5.41, 5.74) is 2.12. The highest BCUT2D eigenvalue weighted by Crippen LogP contribution is 2.41. The number of rotatable bonds is 4. The summed E-state index contributed by atoms with van der Waals surface area (Å²) in [6.07, 6.45) is 4.94. The van der Waals surface area contributed by atoms with Crippen LogP contribution in [-0.4, -0.2) is 26.7 Å². The van der Waals surface area contributed by atoms with E-state index >= 15 is 0 Å². The third kappa shape index (κ3) is 2.53. The van der Waals surface area contributed by atoms with Gasteiger partial charge in [0.05, 0.1) is 26.7 Å². The molecule has 0 spiro atoms. The van der Waals surface area contributed by atoms with E-state index < -0.39 is 0 Å². The maximum atomic E-state index is 7.98. The molecule has 102 valence electrons. The van der Waals surface area contributed by atoms with Crippen molar-refractivity contribution in [3.63, 3.8) is 0 Å². The molecule has 0 saturated heterocycles. The Labute approximate surface area is 114 Å². The van der Waals surface area contributed by atoms with Gasteiger partial charge in [-0.25, -0.2) is 0 Å². The zero-order valence-electron chi connectivity index (χ0n) is 11.6. The zero-order valence-corrected chi connectivity index (χ0v) is 11.6. The van der Waals surface area contributed by atoms with Gasteiger partial charge in [0.2, 0.25) is 0 Å². The van der Waals surface area contributed by atoms with Crippen LogP contribution in [0.3, 0.4) is 0 Å². The molecule has 1 aliphatic rings. The van der Waals surface area contributed by atoms with Crippen molar-refractivity contribution in [1.29, 1.82) is 5.41 Å². The fourth-order valence-corrected chi connectivity index (χ4v) is 2.46. The Balaban J connectivity index is 2.42. The number of benzene rings is 1. The van der Waals surface area contributed by atoms with Gasteiger partial charge in [-0.1, -0.05) is 6.07 Å². The molecule has 1 aromatic rings. The van der Waals surface area contributed by atoms with E-state index in [1.165, 1.54) is 0 Å². The van der Waals surface area contributed by atoms with Gasteiger partial charge in [0.15, 0.2) is 17.4 Å². The van der Waals surface area contributed by atoms with Crippen molar-refractivity contribution in [2.75, 3.05) is 20.8 Å². The van der Waals surface area contributed by atoms with Gasteiger partial charge >= 0.3 is 0 Å². The highest BCUT2D eigenvalue weighted by atomic mass is 16.5. The van der Waals surface area contributed by atoms with Crippen LogP contribution < -0.4 is 9.47 Å². The summed E-state index contributed by atoms with van der Waals surface area (Å²) in [6, 6.07) is 3.85. The van der Waals surface area contributed by atoms with Crippen LogP contribution in [0, 0.1) is 11.8 Å². The molecular weight excluding hydrogens is 242 g/mol. The lowest BCUT2D eigenvalue weighted by molar-refractivity contribution is 0.309. The summed E-state index contributed by atoms with van der Waals surface area (Å²) < 4.78 is 16.1. The minimum absolute atomic E-state index is 0.205. The molecule has 1 unspecified atom stereocenters. The lowest BCUT2D eigenvalue weighted by Gasteiger charge is -2.27. The Morgan fingerprint density at radius 1 is 1.37 bits per heavy atom. The Kier molecular flexibility index (Phi) is 4.30. The van der Waals surface area contributed by atoms with Crippen LogP contribution in [0.15, 0.2) is 12.1 Å². The van der Waals surface area contributed by atoms with E-state index in [9.17, 15) is 0 Å². The van der Waals surface area contributed by atoms with E-state index in [1.807, 2.05) is 19.1 Å². The number of nitrogens with one attached hydrogen (secondary N) is 1. The van der Waals surface area contributed by atoms with Crippen molar-refractivity contribution in [3.05, 3.63) is 29.7 Å². The molecule has 2 radical (unpaired) electrons. The first-order valence-electron chi connectivity index (χ1n) is 6.41. The van der Waals surface area contributed by atoms with Crippen molar-refractivity contribution in [2.24, 2.45) is 0 Å². The highest BCUT2D eigenvalue weighted by molar-refractivity contribution is 5.84. The van der Waals surface area contributed by atoms with Crippen LogP contribution in [0.5, 0.6) is 11.5 Å². The number of hydrogen-bond acceptors (Lipinski definition) is 4. The lowest BCUT2D eigenvalue weighted by Crippen LogP contribution is -2.21. The van der Waals surface area contributed by atoms with Gasteiger partial charge in [-0.15, -0.1) is 0 Å². The molecule has 1 atom stereocenters. The first-order valence-corrected chi connectivity index (χ1v) is 6.41.